The molecule has 7 heteroatoms. The molecule has 1 aromatic heterocycles. The molecule has 0 amide bonds. The third-order valence-corrected chi connectivity index (χ3v) is 3.18. The molecule has 0 saturated carbocycles. The summed E-state index contributed by atoms with van der Waals surface area (Å²) >= 11 is 0. The van der Waals surface area contributed by atoms with Gasteiger partial charge in [0.1, 0.15) is 5.75 Å². The molecule has 0 unspecified atom stereocenters. The number of ether oxygens (including phenoxy) is 1. The highest BCUT2D eigenvalue weighted by Crippen LogP contribution is 2.22. The Morgan fingerprint density at radius 2 is 2.00 bits per heavy atom. The zero-order chi connectivity index (χ0) is 14.7. The number of anilines is 2. The van der Waals surface area contributed by atoms with Gasteiger partial charge in [-0.1, -0.05) is 6.07 Å². The molecule has 1 aliphatic rings. The van der Waals surface area contributed by atoms with Crippen LogP contribution >= 0.6 is 0 Å². The van der Waals surface area contributed by atoms with Gasteiger partial charge in [-0.15, -0.1) is 0 Å². The van der Waals surface area contributed by atoms with Crippen molar-refractivity contribution in [3.05, 3.63) is 29.8 Å². The van der Waals surface area contributed by atoms with Crippen molar-refractivity contribution in [1.82, 2.24) is 15.0 Å². The van der Waals surface area contributed by atoms with Crippen LogP contribution in [0, 0.1) is 11.3 Å². The van der Waals surface area contributed by atoms with Gasteiger partial charge in [0.25, 0.3) is 0 Å². The van der Waals surface area contributed by atoms with Gasteiger partial charge in [0.05, 0.1) is 11.6 Å². The van der Waals surface area contributed by atoms with Crippen molar-refractivity contribution in [2.45, 2.75) is 12.8 Å². The molecule has 0 radical (unpaired) electrons. The molecule has 0 atom stereocenters. The van der Waals surface area contributed by atoms with E-state index in [1.165, 1.54) is 0 Å². The largest absolute Gasteiger partial charge is 0.424 e. The molecule has 3 rings (SSSR count). The van der Waals surface area contributed by atoms with E-state index in [0.29, 0.717) is 17.3 Å². The molecule has 1 saturated heterocycles. The summed E-state index contributed by atoms with van der Waals surface area (Å²) in [4.78, 5) is 14.5. The molecule has 106 valence electrons. The Bertz CT molecular complexity index is 690. The zero-order valence-electron chi connectivity index (χ0n) is 11.4. The zero-order valence-corrected chi connectivity index (χ0v) is 11.4. The molecule has 2 heterocycles. The quantitative estimate of drug-likeness (QED) is 0.914. The number of hydrogen-bond donors (Lipinski definition) is 1. The summed E-state index contributed by atoms with van der Waals surface area (Å²) in [6.07, 6.45) is 2.23. The topological polar surface area (TPSA) is 101 Å². The third-order valence-electron chi connectivity index (χ3n) is 3.18. The molecule has 2 N–H and O–H groups in total. The first-order chi connectivity index (χ1) is 10.2. The van der Waals surface area contributed by atoms with Gasteiger partial charge in [0.15, 0.2) is 0 Å². The molecule has 0 aliphatic carbocycles. The lowest BCUT2D eigenvalue weighted by Crippen LogP contribution is -2.21. The van der Waals surface area contributed by atoms with E-state index in [0.717, 1.165) is 25.9 Å². The van der Waals surface area contributed by atoms with Gasteiger partial charge in [0, 0.05) is 13.1 Å². The van der Waals surface area contributed by atoms with Gasteiger partial charge in [-0.25, -0.2) is 0 Å². The van der Waals surface area contributed by atoms with Crippen molar-refractivity contribution >= 4 is 11.9 Å². The minimum Gasteiger partial charge on any atom is -0.424 e. The highest BCUT2D eigenvalue weighted by atomic mass is 16.5. The van der Waals surface area contributed by atoms with Crippen molar-refractivity contribution in [1.29, 1.82) is 5.26 Å². The minimum absolute atomic E-state index is 0.123. The van der Waals surface area contributed by atoms with Crippen molar-refractivity contribution in [3.8, 4) is 17.8 Å². The van der Waals surface area contributed by atoms with E-state index >= 15 is 0 Å². The lowest BCUT2D eigenvalue weighted by atomic mass is 10.2. The number of nitrogens with zero attached hydrogens (tertiary/aromatic N) is 5. The van der Waals surface area contributed by atoms with Gasteiger partial charge in [-0.3, -0.25) is 0 Å². The van der Waals surface area contributed by atoms with E-state index in [1.54, 1.807) is 24.3 Å². The number of nitriles is 1. The Morgan fingerprint density at radius 3 is 2.76 bits per heavy atom. The van der Waals surface area contributed by atoms with Crippen molar-refractivity contribution in [3.63, 3.8) is 0 Å². The van der Waals surface area contributed by atoms with E-state index in [-0.39, 0.29) is 12.0 Å². The Balaban J connectivity index is 1.86. The summed E-state index contributed by atoms with van der Waals surface area (Å²) in [6.45, 7) is 1.82. The van der Waals surface area contributed by atoms with Gasteiger partial charge >= 0.3 is 6.01 Å². The molecular formula is C14H14N6O. The summed E-state index contributed by atoms with van der Waals surface area (Å²) < 4.78 is 5.58. The van der Waals surface area contributed by atoms with Gasteiger partial charge in [-0.05, 0) is 31.0 Å². The van der Waals surface area contributed by atoms with E-state index in [2.05, 4.69) is 25.9 Å². The van der Waals surface area contributed by atoms with Gasteiger partial charge < -0.3 is 15.4 Å². The van der Waals surface area contributed by atoms with Gasteiger partial charge in [-0.2, -0.15) is 20.2 Å². The number of nitrogens with two attached hydrogens (primary N) is 1. The Labute approximate surface area is 122 Å². The number of benzene rings is 1. The molecule has 1 aliphatic heterocycles. The Hall–Kier alpha value is -2.88. The second-order valence-corrected chi connectivity index (χ2v) is 4.71. The monoisotopic (exact) mass is 282 g/mol. The molecule has 0 spiro atoms. The van der Waals surface area contributed by atoms with Crippen LogP contribution in [0.15, 0.2) is 24.3 Å². The standard InChI is InChI=1S/C14H14N6O/c15-9-10-4-3-5-11(8-10)21-14-18-12(16)17-13(19-14)20-6-1-2-7-20/h3-5,8H,1-2,6-7H2,(H2,16,17,18,19). The maximum Gasteiger partial charge on any atom is 0.328 e. The van der Waals surface area contributed by atoms with Crippen LogP contribution in [0.1, 0.15) is 18.4 Å². The average Bonchev–Trinajstić information content (AvgIpc) is 3.01. The van der Waals surface area contributed by atoms with Crippen molar-refractivity contribution in [2.75, 3.05) is 23.7 Å². The Morgan fingerprint density at radius 1 is 1.19 bits per heavy atom. The fourth-order valence-electron chi connectivity index (χ4n) is 2.20. The number of aromatic nitrogens is 3. The lowest BCUT2D eigenvalue weighted by molar-refractivity contribution is 0.440. The molecule has 2 aromatic rings. The van der Waals surface area contributed by atoms with Crippen LogP contribution in [-0.2, 0) is 0 Å². The highest BCUT2D eigenvalue weighted by molar-refractivity contribution is 5.40. The predicted octanol–water partition coefficient (Wildman–Crippen LogP) is 1.72. The fourth-order valence-corrected chi connectivity index (χ4v) is 2.20. The van der Waals surface area contributed by atoms with Crippen LogP contribution in [0.3, 0.4) is 0 Å². The van der Waals surface area contributed by atoms with Crippen LogP contribution < -0.4 is 15.4 Å². The predicted molar refractivity (Wildman–Crippen MR) is 76.9 cm³/mol. The number of nitrogen functional groups attached to an aromatic ring is 1. The molecule has 1 aromatic carbocycles. The van der Waals surface area contributed by atoms with E-state index in [4.69, 9.17) is 15.7 Å². The van der Waals surface area contributed by atoms with E-state index in [1.807, 2.05) is 0 Å². The van der Waals surface area contributed by atoms with E-state index < -0.39 is 0 Å². The third kappa shape index (κ3) is 3.00. The van der Waals surface area contributed by atoms with Crippen molar-refractivity contribution in [2.24, 2.45) is 0 Å². The van der Waals surface area contributed by atoms with E-state index in [9.17, 15) is 0 Å². The maximum absolute atomic E-state index is 8.89. The maximum atomic E-state index is 8.89. The lowest BCUT2D eigenvalue weighted by Gasteiger charge is -2.15. The summed E-state index contributed by atoms with van der Waals surface area (Å²) in [6, 6.07) is 8.98. The first-order valence-electron chi connectivity index (χ1n) is 6.69. The first kappa shape index (κ1) is 13.1. The fraction of sp³-hybridized carbons (Fsp3) is 0.286. The molecule has 7 nitrogen and oxygen atoms in total. The van der Waals surface area contributed by atoms with Crippen molar-refractivity contribution < 1.29 is 4.74 Å². The summed E-state index contributed by atoms with van der Waals surface area (Å²) in [5, 5.41) is 8.89. The normalized spacial score (nSPS) is 14.0. The average molecular weight is 282 g/mol. The summed E-state index contributed by atoms with van der Waals surface area (Å²) in [5.74, 6) is 1.15. The number of hydrogen-bond acceptors (Lipinski definition) is 7. The molecule has 0 bridgehead atoms. The molecule has 1 fully saturated rings. The first-order valence-corrected chi connectivity index (χ1v) is 6.69. The second-order valence-electron chi connectivity index (χ2n) is 4.71. The Kier molecular flexibility index (Phi) is 3.51. The van der Waals surface area contributed by atoms with Crippen LogP contribution in [-0.4, -0.2) is 28.0 Å². The molecule has 21 heavy (non-hydrogen) atoms. The van der Waals surface area contributed by atoms with Gasteiger partial charge in [0.2, 0.25) is 11.9 Å². The second kappa shape index (κ2) is 5.63. The molecular weight excluding hydrogens is 268 g/mol. The van der Waals surface area contributed by atoms with Crippen LogP contribution in [0.4, 0.5) is 11.9 Å². The summed E-state index contributed by atoms with van der Waals surface area (Å²) in [5.41, 5.74) is 6.22. The minimum atomic E-state index is 0.123. The van der Waals surface area contributed by atoms with Crippen LogP contribution in [0.25, 0.3) is 0 Å². The smallest absolute Gasteiger partial charge is 0.328 e. The van der Waals surface area contributed by atoms with Crippen LogP contribution in [0.5, 0.6) is 11.8 Å². The highest BCUT2D eigenvalue weighted by Gasteiger charge is 2.17. The SMILES string of the molecule is N#Cc1cccc(Oc2nc(N)nc(N3CCCC3)n2)c1. The number of rotatable bonds is 3. The summed E-state index contributed by atoms with van der Waals surface area (Å²) in [7, 11) is 0. The van der Waals surface area contributed by atoms with Crippen LogP contribution in [0.2, 0.25) is 0 Å².